The fourth-order valence-electron chi connectivity index (χ4n) is 2.11. The van der Waals surface area contributed by atoms with E-state index in [1.807, 2.05) is 30.3 Å². The van der Waals surface area contributed by atoms with Crippen LogP contribution in [0.15, 0.2) is 76.2 Å². The van der Waals surface area contributed by atoms with E-state index in [9.17, 15) is 13.2 Å². The van der Waals surface area contributed by atoms with E-state index in [0.29, 0.717) is 5.69 Å². The minimum absolute atomic E-state index is 0.143. The third-order valence-electron chi connectivity index (χ3n) is 3.29. The topological polar surface area (TPSA) is 114 Å². The van der Waals surface area contributed by atoms with E-state index in [-0.39, 0.29) is 5.76 Å². The molecule has 1 amide bonds. The number of para-hydroxylation sites is 1. The first-order chi connectivity index (χ1) is 11.9. The van der Waals surface area contributed by atoms with Crippen LogP contribution in [0.3, 0.4) is 0 Å². The van der Waals surface area contributed by atoms with E-state index in [0.717, 1.165) is 17.4 Å². The molecule has 0 saturated heterocycles. The summed E-state index contributed by atoms with van der Waals surface area (Å²) in [5.74, 6) is -0.714. The van der Waals surface area contributed by atoms with Gasteiger partial charge in [0.2, 0.25) is 5.09 Å². The molecular formula is C17H15N3O4S. The Labute approximate surface area is 144 Å². The summed E-state index contributed by atoms with van der Waals surface area (Å²) in [6.07, 6.45) is 0. The van der Waals surface area contributed by atoms with Crippen LogP contribution in [0.1, 0.15) is 10.6 Å². The molecule has 1 heterocycles. The van der Waals surface area contributed by atoms with Crippen molar-refractivity contribution < 1.29 is 17.6 Å². The van der Waals surface area contributed by atoms with E-state index in [1.54, 1.807) is 24.3 Å². The Hall–Kier alpha value is -3.10. The molecule has 0 spiro atoms. The van der Waals surface area contributed by atoms with Crippen LogP contribution in [-0.4, -0.2) is 14.3 Å². The lowest BCUT2D eigenvalue weighted by molar-refractivity contribution is 0.0991. The van der Waals surface area contributed by atoms with Gasteiger partial charge in [-0.05, 0) is 48.5 Å². The molecule has 0 bridgehead atoms. The van der Waals surface area contributed by atoms with E-state index in [4.69, 9.17) is 9.56 Å². The highest BCUT2D eigenvalue weighted by Crippen LogP contribution is 2.20. The zero-order valence-electron chi connectivity index (χ0n) is 13.0. The number of nitrogens with two attached hydrogens (primary N) is 1. The molecule has 4 N–H and O–H groups in total. The minimum Gasteiger partial charge on any atom is -0.438 e. The molecule has 8 heteroatoms. The third kappa shape index (κ3) is 4.25. The van der Waals surface area contributed by atoms with E-state index < -0.39 is 21.0 Å². The molecule has 7 nitrogen and oxygen atoms in total. The lowest BCUT2D eigenvalue weighted by Gasteiger charge is -2.08. The van der Waals surface area contributed by atoms with Crippen LogP contribution < -0.4 is 15.8 Å². The molecule has 0 fully saturated rings. The Morgan fingerprint density at radius 3 is 2.04 bits per heavy atom. The highest BCUT2D eigenvalue weighted by molar-refractivity contribution is 7.89. The molecule has 0 aliphatic heterocycles. The summed E-state index contributed by atoms with van der Waals surface area (Å²) >= 11 is 0. The first-order valence-corrected chi connectivity index (χ1v) is 8.82. The molecule has 0 radical (unpaired) electrons. The van der Waals surface area contributed by atoms with Gasteiger partial charge in [-0.2, -0.15) is 0 Å². The summed E-state index contributed by atoms with van der Waals surface area (Å²) in [7, 11) is -3.98. The van der Waals surface area contributed by atoms with Crippen molar-refractivity contribution in [1.29, 1.82) is 0 Å². The average Bonchev–Trinajstić information content (AvgIpc) is 3.08. The molecule has 0 aliphatic rings. The van der Waals surface area contributed by atoms with Crippen molar-refractivity contribution in [2.45, 2.75) is 5.09 Å². The molecule has 1 aromatic heterocycles. The number of carbonyl (C=O) groups is 1. The van der Waals surface area contributed by atoms with E-state index in [2.05, 4.69) is 10.6 Å². The van der Waals surface area contributed by atoms with Gasteiger partial charge in [0.05, 0.1) is 0 Å². The number of hydrogen-bond donors (Lipinski definition) is 3. The second kappa shape index (κ2) is 6.80. The van der Waals surface area contributed by atoms with Crippen molar-refractivity contribution >= 4 is 33.0 Å². The summed E-state index contributed by atoms with van der Waals surface area (Å²) in [6.45, 7) is 0. The Bertz CT molecular complexity index is 980. The normalized spacial score (nSPS) is 11.1. The Balaban J connectivity index is 1.67. The molecule has 0 aliphatic carbocycles. The maximum Gasteiger partial charge on any atom is 0.291 e. The number of benzene rings is 2. The zero-order valence-corrected chi connectivity index (χ0v) is 13.8. The third-order valence-corrected chi connectivity index (χ3v) is 4.07. The molecule has 3 rings (SSSR count). The van der Waals surface area contributed by atoms with Gasteiger partial charge >= 0.3 is 0 Å². The van der Waals surface area contributed by atoms with E-state index in [1.165, 1.54) is 6.07 Å². The van der Waals surface area contributed by atoms with Crippen LogP contribution in [0.2, 0.25) is 0 Å². The monoisotopic (exact) mass is 357 g/mol. The van der Waals surface area contributed by atoms with E-state index >= 15 is 0 Å². The zero-order chi connectivity index (χ0) is 17.9. The fourth-order valence-corrected chi connectivity index (χ4v) is 2.58. The number of sulfonamides is 1. The van der Waals surface area contributed by atoms with Crippen molar-refractivity contribution in [1.82, 2.24) is 0 Å². The van der Waals surface area contributed by atoms with Crippen LogP contribution in [-0.2, 0) is 10.0 Å². The highest BCUT2D eigenvalue weighted by Gasteiger charge is 2.17. The number of nitrogens with one attached hydrogen (secondary N) is 2. The summed E-state index contributed by atoms with van der Waals surface area (Å²) in [5, 5.41) is 10.3. The quantitative estimate of drug-likeness (QED) is 0.649. The maximum absolute atomic E-state index is 12.1. The molecule has 0 atom stereocenters. The van der Waals surface area contributed by atoms with Crippen LogP contribution >= 0.6 is 0 Å². The van der Waals surface area contributed by atoms with Gasteiger partial charge in [-0.15, -0.1) is 0 Å². The Kier molecular flexibility index (Phi) is 4.55. The molecule has 128 valence electrons. The van der Waals surface area contributed by atoms with Crippen molar-refractivity contribution in [3.05, 3.63) is 72.5 Å². The maximum atomic E-state index is 12.1. The number of hydrogen-bond acceptors (Lipinski definition) is 5. The fraction of sp³-hybridized carbons (Fsp3) is 0. The van der Waals surface area contributed by atoms with Crippen LogP contribution in [0.25, 0.3) is 0 Å². The summed E-state index contributed by atoms with van der Waals surface area (Å²) in [4.78, 5) is 12.1. The number of rotatable bonds is 5. The molecule has 2 aromatic carbocycles. The molecule has 0 saturated carbocycles. The second-order valence-corrected chi connectivity index (χ2v) is 6.68. The lowest BCUT2D eigenvalue weighted by Crippen LogP contribution is -2.12. The number of carbonyl (C=O) groups excluding carboxylic acids is 1. The van der Waals surface area contributed by atoms with Crippen molar-refractivity contribution in [2.24, 2.45) is 5.14 Å². The van der Waals surface area contributed by atoms with Gasteiger partial charge in [-0.25, -0.2) is 13.6 Å². The standard InChI is InChI=1S/C17H15N3O4S/c18-25(22,23)16-11-10-15(24-16)17(21)20-14-8-6-13(7-9-14)19-12-4-2-1-3-5-12/h1-11,19H,(H,20,21)(H2,18,22,23). The van der Waals surface area contributed by atoms with Gasteiger partial charge < -0.3 is 15.1 Å². The smallest absolute Gasteiger partial charge is 0.291 e. The van der Waals surface area contributed by atoms with Gasteiger partial charge in [-0.3, -0.25) is 4.79 Å². The SMILES string of the molecule is NS(=O)(=O)c1ccc(C(=O)Nc2ccc(Nc3ccccc3)cc2)o1. The Morgan fingerprint density at radius 2 is 1.44 bits per heavy atom. The largest absolute Gasteiger partial charge is 0.438 e. The predicted octanol–water partition coefficient (Wildman–Crippen LogP) is 2.92. The van der Waals surface area contributed by atoms with Crippen molar-refractivity contribution in [3.8, 4) is 0 Å². The summed E-state index contributed by atoms with van der Waals surface area (Å²) in [6, 6.07) is 19.1. The molecule has 25 heavy (non-hydrogen) atoms. The van der Waals surface area contributed by atoms with Gasteiger partial charge in [0.25, 0.3) is 15.9 Å². The Morgan fingerprint density at radius 1 is 0.840 bits per heavy atom. The van der Waals surface area contributed by atoms with Gasteiger partial charge in [-0.1, -0.05) is 18.2 Å². The van der Waals surface area contributed by atoms with Crippen molar-refractivity contribution in [2.75, 3.05) is 10.6 Å². The summed E-state index contributed by atoms with van der Waals surface area (Å²) < 4.78 is 27.3. The lowest BCUT2D eigenvalue weighted by atomic mass is 10.2. The van der Waals surface area contributed by atoms with Crippen molar-refractivity contribution in [3.63, 3.8) is 0 Å². The first kappa shape index (κ1) is 16.7. The average molecular weight is 357 g/mol. The second-order valence-electron chi connectivity index (χ2n) is 5.19. The van der Waals surface area contributed by atoms with Gasteiger partial charge in [0, 0.05) is 17.1 Å². The van der Waals surface area contributed by atoms with Crippen LogP contribution in [0.5, 0.6) is 0 Å². The minimum atomic E-state index is -3.98. The number of furan rings is 1. The van der Waals surface area contributed by atoms with Gasteiger partial charge in [0.15, 0.2) is 5.76 Å². The molecule has 3 aromatic rings. The van der Waals surface area contributed by atoms with Crippen LogP contribution in [0, 0.1) is 0 Å². The number of amides is 1. The number of primary sulfonamides is 1. The predicted molar refractivity (Wildman–Crippen MR) is 94.2 cm³/mol. The summed E-state index contributed by atoms with van der Waals surface area (Å²) in [5.41, 5.74) is 2.35. The van der Waals surface area contributed by atoms with Gasteiger partial charge in [0.1, 0.15) is 0 Å². The van der Waals surface area contributed by atoms with Crippen LogP contribution in [0.4, 0.5) is 17.1 Å². The highest BCUT2D eigenvalue weighted by atomic mass is 32.2. The molecular weight excluding hydrogens is 342 g/mol. The number of anilines is 3. The first-order valence-electron chi connectivity index (χ1n) is 7.28. The molecule has 0 unspecified atom stereocenters.